The Bertz CT molecular complexity index is 442. The average Bonchev–Trinajstić information content (AvgIpc) is 2.78. The van der Waals surface area contributed by atoms with Gasteiger partial charge in [-0.1, -0.05) is 0 Å². The zero-order valence-corrected chi connectivity index (χ0v) is 10.6. The van der Waals surface area contributed by atoms with Crippen molar-refractivity contribution in [1.29, 1.82) is 0 Å². The highest BCUT2D eigenvalue weighted by atomic mass is 79.9. The van der Waals surface area contributed by atoms with Gasteiger partial charge in [0.15, 0.2) is 0 Å². The van der Waals surface area contributed by atoms with E-state index in [2.05, 4.69) is 32.3 Å². The molecule has 2 aromatic rings. The van der Waals surface area contributed by atoms with Crippen molar-refractivity contribution in [3.63, 3.8) is 0 Å². The molecule has 84 valence electrons. The van der Waals surface area contributed by atoms with Gasteiger partial charge in [0.2, 0.25) is 0 Å². The molecule has 4 heteroatoms. The Morgan fingerprint density at radius 3 is 3.00 bits per heavy atom. The van der Waals surface area contributed by atoms with Crippen molar-refractivity contribution in [1.82, 2.24) is 10.3 Å². The molecular weight excluding hydrogens is 268 g/mol. The van der Waals surface area contributed by atoms with Crippen LogP contribution in [0.1, 0.15) is 17.4 Å². The van der Waals surface area contributed by atoms with Gasteiger partial charge in [-0.2, -0.15) is 0 Å². The van der Waals surface area contributed by atoms with Gasteiger partial charge in [0.1, 0.15) is 5.76 Å². The molecule has 1 atom stereocenters. The summed E-state index contributed by atoms with van der Waals surface area (Å²) < 4.78 is 6.34. The van der Waals surface area contributed by atoms with Crippen LogP contribution < -0.4 is 5.32 Å². The summed E-state index contributed by atoms with van der Waals surface area (Å²) in [4.78, 5) is 4.16. The van der Waals surface area contributed by atoms with E-state index in [9.17, 15) is 0 Å². The van der Waals surface area contributed by atoms with Crippen LogP contribution in [0.3, 0.4) is 0 Å². The molecule has 0 saturated carbocycles. The Hall–Kier alpha value is -1.13. The van der Waals surface area contributed by atoms with Crippen LogP contribution in [0.15, 0.2) is 45.7 Å². The van der Waals surface area contributed by atoms with Gasteiger partial charge >= 0.3 is 0 Å². The van der Waals surface area contributed by atoms with Crippen molar-refractivity contribution in [2.24, 2.45) is 0 Å². The van der Waals surface area contributed by atoms with E-state index in [1.54, 1.807) is 12.5 Å². The summed E-state index contributed by atoms with van der Waals surface area (Å²) in [6, 6.07) is 6.17. The van der Waals surface area contributed by atoms with Crippen LogP contribution in [-0.2, 0) is 6.42 Å². The van der Waals surface area contributed by atoms with Crippen molar-refractivity contribution in [2.45, 2.75) is 12.5 Å². The minimum absolute atomic E-state index is 0.219. The monoisotopic (exact) mass is 280 g/mol. The Balaban J connectivity index is 2.16. The summed E-state index contributed by atoms with van der Waals surface area (Å²) in [6.45, 7) is 0. The lowest BCUT2D eigenvalue weighted by atomic mass is 10.1. The summed E-state index contributed by atoms with van der Waals surface area (Å²) in [6.07, 6.45) is 6.17. The van der Waals surface area contributed by atoms with Gasteiger partial charge in [-0.25, -0.2) is 0 Å². The number of aromatic nitrogens is 1. The van der Waals surface area contributed by atoms with Crippen LogP contribution in [0.4, 0.5) is 0 Å². The lowest BCUT2D eigenvalue weighted by molar-refractivity contribution is 0.465. The number of furan rings is 1. The first-order chi connectivity index (χ1) is 7.79. The summed E-state index contributed by atoms with van der Waals surface area (Å²) in [5.74, 6) is 0.972. The van der Waals surface area contributed by atoms with Crippen molar-refractivity contribution in [2.75, 3.05) is 7.05 Å². The first-order valence-corrected chi connectivity index (χ1v) is 5.89. The van der Waals surface area contributed by atoms with Gasteiger partial charge in [-0.15, -0.1) is 0 Å². The average molecular weight is 281 g/mol. The van der Waals surface area contributed by atoms with Gasteiger partial charge < -0.3 is 9.73 Å². The van der Waals surface area contributed by atoms with E-state index in [0.717, 1.165) is 22.2 Å². The number of rotatable bonds is 4. The molecule has 0 fully saturated rings. The molecule has 3 nitrogen and oxygen atoms in total. The van der Waals surface area contributed by atoms with E-state index in [4.69, 9.17) is 4.42 Å². The minimum atomic E-state index is 0.219. The van der Waals surface area contributed by atoms with E-state index in [-0.39, 0.29) is 6.04 Å². The van der Waals surface area contributed by atoms with Gasteiger partial charge in [-0.3, -0.25) is 4.98 Å². The Morgan fingerprint density at radius 1 is 1.50 bits per heavy atom. The molecule has 0 aliphatic heterocycles. The largest absolute Gasteiger partial charge is 0.469 e. The predicted octanol–water partition coefficient (Wildman–Crippen LogP) is 2.94. The van der Waals surface area contributed by atoms with Gasteiger partial charge in [0.05, 0.1) is 6.26 Å². The van der Waals surface area contributed by atoms with Crippen LogP contribution in [0.2, 0.25) is 0 Å². The number of hydrogen-bond donors (Lipinski definition) is 1. The third kappa shape index (κ3) is 2.71. The molecule has 0 aromatic carbocycles. The summed E-state index contributed by atoms with van der Waals surface area (Å²) >= 11 is 3.42. The standard InChI is InChI=1S/C12H13BrN2O/c1-14-12(6-11-3-2-4-16-11)9-5-10(13)8-15-7-9/h2-5,7-8,12,14H,6H2,1H3. The molecule has 2 rings (SSSR count). The first kappa shape index (κ1) is 11.4. The highest BCUT2D eigenvalue weighted by Gasteiger charge is 2.12. The lowest BCUT2D eigenvalue weighted by Gasteiger charge is -2.14. The highest BCUT2D eigenvalue weighted by molar-refractivity contribution is 9.10. The maximum absolute atomic E-state index is 5.35. The van der Waals surface area contributed by atoms with Crippen LogP contribution in [0, 0.1) is 0 Å². The molecule has 0 saturated heterocycles. The number of pyridine rings is 1. The zero-order valence-electron chi connectivity index (χ0n) is 8.98. The van der Waals surface area contributed by atoms with Crippen molar-refractivity contribution in [3.05, 3.63) is 52.7 Å². The number of halogens is 1. The number of nitrogens with one attached hydrogen (secondary N) is 1. The molecule has 2 aromatic heterocycles. The van der Waals surface area contributed by atoms with Crippen LogP contribution >= 0.6 is 15.9 Å². The van der Waals surface area contributed by atoms with Crippen LogP contribution in [-0.4, -0.2) is 12.0 Å². The smallest absolute Gasteiger partial charge is 0.105 e. The predicted molar refractivity (Wildman–Crippen MR) is 66.1 cm³/mol. The van der Waals surface area contributed by atoms with E-state index in [1.165, 1.54) is 0 Å². The minimum Gasteiger partial charge on any atom is -0.469 e. The molecule has 0 radical (unpaired) electrons. The summed E-state index contributed by atoms with van der Waals surface area (Å²) in [5, 5.41) is 3.26. The highest BCUT2D eigenvalue weighted by Crippen LogP contribution is 2.20. The third-order valence-corrected chi connectivity index (χ3v) is 2.90. The SMILES string of the molecule is CNC(Cc1ccco1)c1cncc(Br)c1. The molecule has 0 bridgehead atoms. The fraction of sp³-hybridized carbons (Fsp3) is 0.250. The maximum atomic E-state index is 5.35. The Labute approximate surface area is 103 Å². The second kappa shape index (κ2) is 5.27. The van der Waals surface area contributed by atoms with Crippen molar-refractivity contribution >= 4 is 15.9 Å². The third-order valence-electron chi connectivity index (χ3n) is 2.46. The zero-order chi connectivity index (χ0) is 11.4. The molecular formula is C12H13BrN2O. The Morgan fingerprint density at radius 2 is 2.38 bits per heavy atom. The number of hydrogen-bond acceptors (Lipinski definition) is 3. The van der Waals surface area contributed by atoms with Crippen LogP contribution in [0.25, 0.3) is 0 Å². The van der Waals surface area contributed by atoms with E-state index >= 15 is 0 Å². The number of likely N-dealkylation sites (N-methyl/N-ethyl adjacent to an activating group) is 1. The Kier molecular flexibility index (Phi) is 3.74. The molecule has 0 amide bonds. The first-order valence-electron chi connectivity index (χ1n) is 5.09. The second-order valence-electron chi connectivity index (χ2n) is 3.56. The summed E-state index contributed by atoms with van der Waals surface area (Å²) in [7, 11) is 1.94. The molecule has 1 unspecified atom stereocenters. The van der Waals surface area contributed by atoms with Gasteiger partial charge in [0.25, 0.3) is 0 Å². The molecule has 0 spiro atoms. The molecule has 16 heavy (non-hydrogen) atoms. The van der Waals surface area contributed by atoms with E-state index < -0.39 is 0 Å². The van der Waals surface area contributed by atoms with E-state index in [0.29, 0.717) is 0 Å². The molecule has 2 heterocycles. The maximum Gasteiger partial charge on any atom is 0.105 e. The van der Waals surface area contributed by atoms with Gasteiger partial charge in [-0.05, 0) is 46.7 Å². The van der Waals surface area contributed by atoms with Crippen LogP contribution in [0.5, 0.6) is 0 Å². The fourth-order valence-corrected chi connectivity index (χ4v) is 2.02. The number of nitrogens with zero attached hydrogens (tertiary/aromatic N) is 1. The quantitative estimate of drug-likeness (QED) is 0.936. The lowest BCUT2D eigenvalue weighted by Crippen LogP contribution is -2.18. The molecule has 0 aliphatic carbocycles. The fourth-order valence-electron chi connectivity index (χ4n) is 1.64. The van der Waals surface area contributed by atoms with E-state index in [1.807, 2.05) is 25.4 Å². The van der Waals surface area contributed by atoms with Crippen molar-refractivity contribution in [3.8, 4) is 0 Å². The van der Waals surface area contributed by atoms with Crippen molar-refractivity contribution < 1.29 is 4.42 Å². The molecule has 0 aliphatic rings. The van der Waals surface area contributed by atoms with Gasteiger partial charge in [0, 0.05) is 29.3 Å². The topological polar surface area (TPSA) is 38.1 Å². The second-order valence-corrected chi connectivity index (χ2v) is 4.48. The molecule has 1 N–H and O–H groups in total. The summed E-state index contributed by atoms with van der Waals surface area (Å²) in [5.41, 5.74) is 1.15. The normalized spacial score (nSPS) is 12.6.